The van der Waals surface area contributed by atoms with Crippen molar-refractivity contribution in [3.05, 3.63) is 181 Å². The fraction of sp³-hybridized carbons (Fsp3) is 0. The lowest BCUT2D eigenvalue weighted by molar-refractivity contribution is 0.480. The van der Waals surface area contributed by atoms with Gasteiger partial charge in [-0.3, -0.25) is 9.11 Å². The molecule has 22 heteroatoms. The normalized spacial score (nSPS) is 11.5. The molecule has 2 heterocycles. The van der Waals surface area contributed by atoms with Crippen LogP contribution in [-0.2, 0) is 20.2 Å². The van der Waals surface area contributed by atoms with Gasteiger partial charge in [-0.25, -0.2) is 19.9 Å². The Bertz CT molecular complexity index is 2920. The van der Waals surface area contributed by atoms with E-state index in [1.54, 1.807) is 60.7 Å². The third-order valence-corrected chi connectivity index (χ3v) is 13.2. The SMILES string of the molecule is O=S(=O)(O)c1cc(Nc2nc(SOc3ccccc3)cc(SOc3ccccc3)n2)ccc1/C=C/c1ccc(Nc2nc(SOc3ccccc3)cc(SOc3ccccc3)n2)cc1S(=O)(=O)O. The van der Waals surface area contributed by atoms with Crippen LogP contribution in [0.4, 0.5) is 23.3 Å². The Hall–Kier alpha value is -6.76. The molecule has 2 aromatic heterocycles. The number of nitrogens with zero attached hydrogens (tertiary/aromatic N) is 4. The number of aromatic nitrogens is 4. The van der Waals surface area contributed by atoms with Gasteiger partial charge in [0.1, 0.15) is 101 Å². The standard InChI is InChI=1S/C46H34N6O10S6/c53-67(54,55)39-27-33(47-45-49-41(63-59-35-13-5-1-6-14-35)29-42(50-45)64-60-36-15-7-2-8-16-36)25-23-31(39)21-22-32-24-26-34(28-40(32)68(56,57)58)48-46-51-43(65-61-37-17-9-3-10-18-37)30-44(52-46)66-62-38-19-11-4-12-20-38/h1-30H,(H,47,49,50)(H,48,51,52)(H,53,54,55)(H,56,57,58)/b22-21+. The van der Waals surface area contributed by atoms with Crippen LogP contribution in [0, 0.1) is 0 Å². The Kier molecular flexibility index (Phi) is 15.7. The summed E-state index contributed by atoms with van der Waals surface area (Å²) in [6, 6.07) is 47.7. The lowest BCUT2D eigenvalue weighted by Gasteiger charge is -2.12. The molecule has 0 saturated heterocycles. The van der Waals surface area contributed by atoms with E-state index in [1.165, 1.54) is 36.4 Å². The van der Waals surface area contributed by atoms with Crippen LogP contribution in [-0.4, -0.2) is 45.9 Å². The molecule has 0 aliphatic heterocycles. The summed E-state index contributed by atoms with van der Waals surface area (Å²) in [5.74, 6) is 2.43. The van der Waals surface area contributed by atoms with E-state index in [0.717, 1.165) is 60.3 Å². The van der Waals surface area contributed by atoms with Crippen molar-refractivity contribution in [3.8, 4) is 23.0 Å². The number of hydrogen-bond donors (Lipinski definition) is 4. The first-order valence-corrected chi connectivity index (χ1v) is 25.6. The highest BCUT2D eigenvalue weighted by atomic mass is 32.2. The van der Waals surface area contributed by atoms with Gasteiger partial charge in [-0.2, -0.15) is 16.8 Å². The number of benzene rings is 6. The van der Waals surface area contributed by atoms with E-state index >= 15 is 0 Å². The minimum atomic E-state index is -4.87. The molecule has 0 atom stereocenters. The van der Waals surface area contributed by atoms with E-state index in [2.05, 4.69) is 30.6 Å². The molecule has 4 N–H and O–H groups in total. The Labute approximate surface area is 408 Å². The highest BCUT2D eigenvalue weighted by Crippen LogP contribution is 2.33. The third-order valence-electron chi connectivity index (χ3n) is 8.76. The van der Waals surface area contributed by atoms with Gasteiger partial charge in [0.2, 0.25) is 11.9 Å². The minimum absolute atomic E-state index is 0.0151. The maximum absolute atomic E-state index is 12.8. The quantitative estimate of drug-likeness (QED) is 0.0241. The van der Waals surface area contributed by atoms with Gasteiger partial charge in [0, 0.05) is 23.5 Å². The Morgan fingerprint density at radius 1 is 0.397 bits per heavy atom. The van der Waals surface area contributed by atoms with Crippen molar-refractivity contribution < 1.29 is 42.7 Å². The van der Waals surface area contributed by atoms with Crippen molar-refractivity contribution in [2.45, 2.75) is 29.9 Å². The molecule has 0 spiro atoms. The minimum Gasteiger partial charge on any atom is -0.419 e. The average molecular weight is 1020 g/mol. The number of hydrogen-bond acceptors (Lipinski definition) is 18. The van der Waals surface area contributed by atoms with Crippen LogP contribution in [0.2, 0.25) is 0 Å². The van der Waals surface area contributed by atoms with Crippen molar-refractivity contribution in [1.82, 2.24) is 19.9 Å². The number of rotatable bonds is 20. The molecule has 0 saturated carbocycles. The largest absolute Gasteiger partial charge is 0.419 e. The molecule has 0 amide bonds. The predicted molar refractivity (Wildman–Crippen MR) is 264 cm³/mol. The molecule has 344 valence electrons. The topological polar surface area (TPSA) is 221 Å². The maximum atomic E-state index is 12.8. The van der Waals surface area contributed by atoms with Gasteiger partial charge < -0.3 is 27.4 Å². The van der Waals surface area contributed by atoms with E-state index < -0.39 is 30.0 Å². The van der Waals surface area contributed by atoms with Crippen LogP contribution in [0.1, 0.15) is 11.1 Å². The molecular formula is C46H34N6O10S6. The maximum Gasteiger partial charge on any atom is 0.295 e. The Balaban J connectivity index is 1.03. The van der Waals surface area contributed by atoms with Gasteiger partial charge >= 0.3 is 0 Å². The van der Waals surface area contributed by atoms with E-state index in [4.69, 9.17) is 16.7 Å². The summed E-state index contributed by atoms with van der Waals surface area (Å²) in [7, 11) is -9.74. The van der Waals surface area contributed by atoms with Crippen LogP contribution in [0.15, 0.2) is 200 Å². The van der Waals surface area contributed by atoms with E-state index in [0.29, 0.717) is 43.1 Å². The van der Waals surface area contributed by atoms with Crippen molar-refractivity contribution in [2.75, 3.05) is 10.6 Å². The van der Waals surface area contributed by atoms with E-state index in [1.807, 2.05) is 72.8 Å². The summed E-state index contributed by atoms with van der Waals surface area (Å²) < 4.78 is 95.1. The summed E-state index contributed by atoms with van der Waals surface area (Å²) in [5.41, 5.74) is 0.330. The van der Waals surface area contributed by atoms with Gasteiger partial charge in [-0.15, -0.1) is 0 Å². The second kappa shape index (κ2) is 22.4. The van der Waals surface area contributed by atoms with Crippen molar-refractivity contribution in [2.24, 2.45) is 0 Å². The smallest absolute Gasteiger partial charge is 0.295 e. The highest BCUT2D eigenvalue weighted by molar-refractivity contribution is 7.96. The van der Waals surface area contributed by atoms with Gasteiger partial charge in [-0.05, 0) is 83.9 Å². The zero-order valence-corrected chi connectivity index (χ0v) is 39.6. The molecular weight excluding hydrogens is 989 g/mol. The number of anilines is 4. The molecule has 16 nitrogen and oxygen atoms in total. The second-order valence-electron chi connectivity index (χ2n) is 13.7. The lowest BCUT2D eigenvalue weighted by Crippen LogP contribution is -2.05. The number of para-hydroxylation sites is 4. The summed E-state index contributed by atoms with van der Waals surface area (Å²) in [6.07, 6.45) is 2.56. The zero-order valence-electron chi connectivity index (χ0n) is 34.7. The van der Waals surface area contributed by atoms with Gasteiger partial charge in [-0.1, -0.05) is 97.1 Å². The van der Waals surface area contributed by atoms with Crippen molar-refractivity contribution in [1.29, 1.82) is 0 Å². The number of nitrogens with one attached hydrogen (secondary N) is 2. The van der Waals surface area contributed by atoms with Crippen LogP contribution in [0.5, 0.6) is 23.0 Å². The molecule has 8 aromatic rings. The van der Waals surface area contributed by atoms with Crippen LogP contribution in [0.25, 0.3) is 12.2 Å². The Morgan fingerprint density at radius 3 is 0.941 bits per heavy atom. The monoisotopic (exact) mass is 1020 g/mol. The summed E-state index contributed by atoms with van der Waals surface area (Å²) in [5, 5.41) is 7.52. The zero-order chi connectivity index (χ0) is 47.4. The molecule has 0 aliphatic rings. The molecule has 68 heavy (non-hydrogen) atoms. The fourth-order valence-electron chi connectivity index (χ4n) is 5.74. The summed E-state index contributed by atoms with van der Waals surface area (Å²) >= 11 is 3.87. The van der Waals surface area contributed by atoms with Gasteiger partial charge in [0.15, 0.2) is 0 Å². The first-order valence-electron chi connectivity index (χ1n) is 19.7. The second-order valence-corrected chi connectivity index (χ2v) is 19.5. The van der Waals surface area contributed by atoms with Crippen LogP contribution in [0.3, 0.4) is 0 Å². The Morgan fingerprint density at radius 2 is 0.676 bits per heavy atom. The molecule has 0 bridgehead atoms. The van der Waals surface area contributed by atoms with Gasteiger partial charge in [0.25, 0.3) is 20.2 Å². The summed E-state index contributed by atoms with van der Waals surface area (Å²) in [4.78, 5) is 17.0. The van der Waals surface area contributed by atoms with Crippen molar-refractivity contribution >= 4 is 104 Å². The molecule has 0 unspecified atom stereocenters. The van der Waals surface area contributed by atoms with Crippen molar-refractivity contribution in [3.63, 3.8) is 0 Å². The average Bonchev–Trinajstić information content (AvgIpc) is 3.34. The summed E-state index contributed by atoms with van der Waals surface area (Å²) in [6.45, 7) is 0. The molecule has 0 radical (unpaired) electrons. The third kappa shape index (κ3) is 13.9. The molecule has 8 rings (SSSR count). The van der Waals surface area contributed by atoms with Crippen LogP contribution < -0.4 is 27.4 Å². The van der Waals surface area contributed by atoms with E-state index in [9.17, 15) is 25.9 Å². The highest BCUT2D eigenvalue weighted by Gasteiger charge is 2.20. The first-order chi connectivity index (χ1) is 32.9. The van der Waals surface area contributed by atoms with Crippen LogP contribution >= 0.6 is 48.2 Å². The fourth-order valence-corrected chi connectivity index (χ4v) is 9.62. The molecule has 0 aliphatic carbocycles. The molecule has 0 fully saturated rings. The predicted octanol–water partition coefficient (Wildman–Crippen LogP) is 11.8. The lowest BCUT2D eigenvalue weighted by atomic mass is 10.1. The van der Waals surface area contributed by atoms with Gasteiger partial charge in [0.05, 0.1) is 0 Å². The first kappa shape index (κ1) is 47.7. The van der Waals surface area contributed by atoms with E-state index in [-0.39, 0.29) is 34.4 Å². The molecule has 6 aromatic carbocycles.